The Morgan fingerprint density at radius 1 is 1.25 bits per heavy atom. The van der Waals surface area contributed by atoms with Gasteiger partial charge in [0.15, 0.2) is 0 Å². The van der Waals surface area contributed by atoms with Gasteiger partial charge in [0.1, 0.15) is 5.82 Å². The van der Waals surface area contributed by atoms with Crippen LogP contribution < -0.4 is 4.90 Å². The number of piperazine rings is 1. The standard InChI is InChI=1S/C12H17FN2O/c1-14-4-6-15(7-5-14)11-3-2-10(9-16)12(13)8-11/h2-3,8,16H,4-7,9H2,1H3. The molecule has 1 N–H and O–H groups in total. The molecule has 3 nitrogen and oxygen atoms in total. The second-order valence-corrected chi connectivity index (χ2v) is 4.22. The number of halogens is 1. The van der Waals surface area contributed by atoms with Gasteiger partial charge in [0.05, 0.1) is 6.61 Å². The molecular formula is C12H17FN2O. The summed E-state index contributed by atoms with van der Waals surface area (Å²) < 4.78 is 13.5. The summed E-state index contributed by atoms with van der Waals surface area (Å²) >= 11 is 0. The van der Waals surface area contributed by atoms with Crippen molar-refractivity contribution in [1.82, 2.24) is 4.90 Å². The minimum atomic E-state index is -0.320. The summed E-state index contributed by atoms with van der Waals surface area (Å²) in [5.74, 6) is -0.320. The first kappa shape index (κ1) is 11.4. The quantitative estimate of drug-likeness (QED) is 0.814. The molecule has 2 rings (SSSR count). The molecular weight excluding hydrogens is 207 g/mol. The SMILES string of the molecule is CN1CCN(c2ccc(CO)c(F)c2)CC1. The van der Waals surface area contributed by atoms with Gasteiger partial charge in [-0.3, -0.25) is 0 Å². The van der Waals surface area contributed by atoms with Gasteiger partial charge in [-0.05, 0) is 19.2 Å². The van der Waals surface area contributed by atoms with Crippen molar-refractivity contribution in [2.75, 3.05) is 38.1 Å². The van der Waals surface area contributed by atoms with E-state index in [1.807, 2.05) is 6.07 Å². The second-order valence-electron chi connectivity index (χ2n) is 4.22. The number of benzene rings is 1. The Balaban J connectivity index is 2.12. The molecule has 1 aliphatic heterocycles. The van der Waals surface area contributed by atoms with Crippen molar-refractivity contribution in [3.63, 3.8) is 0 Å². The van der Waals surface area contributed by atoms with E-state index in [4.69, 9.17) is 5.11 Å². The Kier molecular flexibility index (Phi) is 3.41. The number of aliphatic hydroxyl groups excluding tert-OH is 1. The monoisotopic (exact) mass is 224 g/mol. The lowest BCUT2D eigenvalue weighted by Crippen LogP contribution is -2.44. The first-order chi connectivity index (χ1) is 7.70. The zero-order valence-electron chi connectivity index (χ0n) is 9.49. The first-order valence-corrected chi connectivity index (χ1v) is 5.53. The molecule has 1 aromatic carbocycles. The van der Waals surface area contributed by atoms with Crippen LogP contribution in [-0.4, -0.2) is 43.2 Å². The topological polar surface area (TPSA) is 26.7 Å². The van der Waals surface area contributed by atoms with E-state index in [-0.39, 0.29) is 12.4 Å². The largest absolute Gasteiger partial charge is 0.392 e. The van der Waals surface area contributed by atoms with Gasteiger partial charge in [-0.15, -0.1) is 0 Å². The van der Waals surface area contributed by atoms with E-state index in [9.17, 15) is 4.39 Å². The maximum Gasteiger partial charge on any atom is 0.130 e. The summed E-state index contributed by atoms with van der Waals surface area (Å²) in [4.78, 5) is 4.43. The molecule has 0 unspecified atom stereocenters. The Hall–Kier alpha value is -1.13. The lowest BCUT2D eigenvalue weighted by Gasteiger charge is -2.34. The average molecular weight is 224 g/mol. The highest BCUT2D eigenvalue weighted by Crippen LogP contribution is 2.19. The molecule has 1 saturated heterocycles. The normalized spacial score (nSPS) is 17.8. The van der Waals surface area contributed by atoms with Crippen LogP contribution in [-0.2, 0) is 6.61 Å². The van der Waals surface area contributed by atoms with Crippen molar-refractivity contribution in [2.24, 2.45) is 0 Å². The predicted molar refractivity (Wildman–Crippen MR) is 62.0 cm³/mol. The van der Waals surface area contributed by atoms with Gasteiger partial charge in [0.2, 0.25) is 0 Å². The Morgan fingerprint density at radius 3 is 2.50 bits per heavy atom. The molecule has 1 aliphatic rings. The molecule has 0 amide bonds. The zero-order chi connectivity index (χ0) is 11.5. The molecule has 16 heavy (non-hydrogen) atoms. The molecule has 0 atom stereocenters. The van der Waals surface area contributed by atoms with Gasteiger partial charge < -0.3 is 14.9 Å². The molecule has 1 fully saturated rings. The maximum atomic E-state index is 13.5. The van der Waals surface area contributed by atoms with Crippen LogP contribution >= 0.6 is 0 Å². The minimum absolute atomic E-state index is 0.241. The minimum Gasteiger partial charge on any atom is -0.392 e. The average Bonchev–Trinajstić information content (AvgIpc) is 2.30. The van der Waals surface area contributed by atoms with Crippen molar-refractivity contribution in [2.45, 2.75) is 6.61 Å². The Morgan fingerprint density at radius 2 is 1.94 bits per heavy atom. The van der Waals surface area contributed by atoms with Crippen LogP contribution in [0.3, 0.4) is 0 Å². The first-order valence-electron chi connectivity index (χ1n) is 5.53. The van der Waals surface area contributed by atoms with Gasteiger partial charge in [0.25, 0.3) is 0 Å². The lowest BCUT2D eigenvalue weighted by molar-refractivity contribution is 0.275. The van der Waals surface area contributed by atoms with Gasteiger partial charge in [-0.2, -0.15) is 0 Å². The van der Waals surface area contributed by atoms with Crippen molar-refractivity contribution in [3.8, 4) is 0 Å². The molecule has 1 heterocycles. The number of aliphatic hydroxyl groups is 1. The van der Waals surface area contributed by atoms with E-state index >= 15 is 0 Å². The summed E-state index contributed by atoms with van der Waals surface area (Å²) in [5, 5.41) is 8.89. The van der Waals surface area contributed by atoms with E-state index < -0.39 is 0 Å². The third kappa shape index (κ3) is 2.33. The number of hydrogen-bond donors (Lipinski definition) is 1. The maximum absolute atomic E-state index is 13.5. The molecule has 1 aromatic rings. The fourth-order valence-electron chi connectivity index (χ4n) is 1.93. The summed E-state index contributed by atoms with van der Waals surface area (Å²) in [6.45, 7) is 3.62. The third-order valence-corrected chi connectivity index (χ3v) is 3.08. The highest BCUT2D eigenvalue weighted by atomic mass is 19.1. The van der Waals surface area contributed by atoms with Crippen molar-refractivity contribution in [1.29, 1.82) is 0 Å². The highest BCUT2D eigenvalue weighted by molar-refractivity contribution is 5.48. The van der Waals surface area contributed by atoms with Gasteiger partial charge in [-0.1, -0.05) is 6.07 Å². The Labute approximate surface area is 95.1 Å². The fourth-order valence-corrected chi connectivity index (χ4v) is 1.93. The van der Waals surface area contributed by atoms with E-state index in [1.165, 1.54) is 6.07 Å². The number of likely N-dealkylation sites (N-methyl/N-ethyl adjacent to an activating group) is 1. The third-order valence-electron chi connectivity index (χ3n) is 3.08. The van der Waals surface area contributed by atoms with Crippen LogP contribution in [0.1, 0.15) is 5.56 Å². The van der Waals surface area contributed by atoms with Crippen molar-refractivity contribution in [3.05, 3.63) is 29.6 Å². The van der Waals surface area contributed by atoms with E-state index in [0.717, 1.165) is 31.9 Å². The van der Waals surface area contributed by atoms with Gasteiger partial charge in [0, 0.05) is 37.4 Å². The van der Waals surface area contributed by atoms with Crippen LogP contribution in [0.5, 0.6) is 0 Å². The van der Waals surface area contributed by atoms with E-state index in [1.54, 1.807) is 6.07 Å². The fraction of sp³-hybridized carbons (Fsp3) is 0.500. The molecule has 4 heteroatoms. The van der Waals surface area contributed by atoms with Crippen LogP contribution in [0.25, 0.3) is 0 Å². The molecule has 0 bridgehead atoms. The summed E-state index contributed by atoms with van der Waals surface area (Å²) in [6.07, 6.45) is 0. The number of anilines is 1. The molecule has 0 saturated carbocycles. The van der Waals surface area contributed by atoms with Gasteiger partial charge in [-0.25, -0.2) is 4.39 Å². The van der Waals surface area contributed by atoms with Crippen LogP contribution in [0.4, 0.5) is 10.1 Å². The molecule has 88 valence electrons. The summed E-state index contributed by atoms with van der Waals surface area (Å²) in [5.41, 5.74) is 1.26. The summed E-state index contributed by atoms with van der Waals surface area (Å²) in [7, 11) is 2.09. The number of rotatable bonds is 2. The van der Waals surface area contributed by atoms with Crippen LogP contribution in [0, 0.1) is 5.82 Å². The van der Waals surface area contributed by atoms with Gasteiger partial charge >= 0.3 is 0 Å². The van der Waals surface area contributed by atoms with Crippen molar-refractivity contribution >= 4 is 5.69 Å². The number of hydrogen-bond acceptors (Lipinski definition) is 3. The highest BCUT2D eigenvalue weighted by Gasteiger charge is 2.15. The zero-order valence-corrected chi connectivity index (χ0v) is 9.49. The van der Waals surface area contributed by atoms with Crippen LogP contribution in [0.2, 0.25) is 0 Å². The smallest absolute Gasteiger partial charge is 0.130 e. The molecule has 0 radical (unpaired) electrons. The van der Waals surface area contributed by atoms with E-state index in [2.05, 4.69) is 16.8 Å². The lowest BCUT2D eigenvalue weighted by atomic mass is 10.1. The molecule has 0 aliphatic carbocycles. The van der Waals surface area contributed by atoms with Crippen molar-refractivity contribution < 1.29 is 9.50 Å². The van der Waals surface area contributed by atoms with E-state index in [0.29, 0.717) is 5.56 Å². The molecule has 0 spiro atoms. The number of nitrogens with zero attached hydrogens (tertiary/aromatic N) is 2. The molecule has 0 aromatic heterocycles. The Bertz CT molecular complexity index is 362. The van der Waals surface area contributed by atoms with Crippen LogP contribution in [0.15, 0.2) is 18.2 Å². The summed E-state index contributed by atoms with van der Waals surface area (Å²) in [6, 6.07) is 5.04. The predicted octanol–water partition coefficient (Wildman–Crippen LogP) is 1.07. The second kappa shape index (κ2) is 4.80.